The number of ether oxygens (including phenoxy) is 3. The molecular formula is C55H64N8O8. The largest absolute Gasteiger partial charge is 0.444 e. The number of nitrogens with one attached hydrogen (secondary N) is 5. The molecule has 0 spiro atoms. The quantitative estimate of drug-likeness (QED) is 0.0699. The third-order valence-corrected chi connectivity index (χ3v) is 12.3. The number of hydrogen-bond acceptors (Lipinski definition) is 11. The topological polar surface area (TPSA) is 202 Å². The predicted molar refractivity (Wildman–Crippen MR) is 275 cm³/mol. The lowest BCUT2D eigenvalue weighted by Crippen LogP contribution is -2.50. The van der Waals surface area contributed by atoms with Crippen LogP contribution < -0.4 is 26.6 Å². The number of methoxy groups -OCH3 is 2. The SMILES string of the molecule is COCc1ccc(C(=O)Nc2cccnc2C(=O)NCC2CCCCN2)c2ccccc12.COCc1ccc(C(=O)Nc2cccnc2C(=O)NCC2CCCCN2C(=O)OC(C)(C)C)c2ccccc12. The van der Waals surface area contributed by atoms with Gasteiger partial charge in [0, 0.05) is 63.4 Å². The fourth-order valence-electron chi connectivity index (χ4n) is 8.90. The van der Waals surface area contributed by atoms with Crippen molar-refractivity contribution in [1.29, 1.82) is 0 Å². The van der Waals surface area contributed by atoms with E-state index in [-0.39, 0.29) is 53.8 Å². The number of carbonyl (C=O) groups excluding carboxylic acids is 5. The molecule has 16 heteroatoms. The number of piperidine rings is 2. The zero-order chi connectivity index (χ0) is 50.3. The van der Waals surface area contributed by atoms with Gasteiger partial charge in [-0.15, -0.1) is 0 Å². The van der Waals surface area contributed by atoms with Crippen LogP contribution in [0.4, 0.5) is 16.2 Å². The Morgan fingerprint density at radius 2 is 1.11 bits per heavy atom. The molecule has 71 heavy (non-hydrogen) atoms. The first-order valence-electron chi connectivity index (χ1n) is 24.2. The normalized spacial score (nSPS) is 15.8. The van der Waals surface area contributed by atoms with E-state index in [0.29, 0.717) is 48.8 Å². The van der Waals surface area contributed by atoms with E-state index in [4.69, 9.17) is 14.2 Å². The Balaban J connectivity index is 0.000000213. The third kappa shape index (κ3) is 13.5. The van der Waals surface area contributed by atoms with Crippen molar-refractivity contribution in [2.75, 3.05) is 51.0 Å². The van der Waals surface area contributed by atoms with Crippen molar-refractivity contribution in [3.05, 3.63) is 143 Å². The Morgan fingerprint density at radius 3 is 1.61 bits per heavy atom. The predicted octanol–water partition coefficient (Wildman–Crippen LogP) is 8.66. The Labute approximate surface area is 414 Å². The Kier molecular flexibility index (Phi) is 17.8. The molecule has 2 unspecified atom stereocenters. The van der Waals surface area contributed by atoms with E-state index in [1.807, 2.05) is 81.4 Å². The van der Waals surface area contributed by atoms with Gasteiger partial charge in [-0.25, -0.2) is 14.8 Å². The monoisotopic (exact) mass is 964 g/mol. The van der Waals surface area contributed by atoms with Crippen LogP contribution in [-0.2, 0) is 27.4 Å². The highest BCUT2D eigenvalue weighted by Crippen LogP contribution is 2.27. The highest BCUT2D eigenvalue weighted by atomic mass is 16.6. The van der Waals surface area contributed by atoms with Crippen molar-refractivity contribution in [2.45, 2.75) is 90.2 Å². The van der Waals surface area contributed by atoms with Crippen LogP contribution in [0.5, 0.6) is 0 Å². The van der Waals surface area contributed by atoms with E-state index in [1.54, 1.807) is 61.7 Å². The van der Waals surface area contributed by atoms with E-state index in [9.17, 15) is 24.0 Å². The molecule has 4 heterocycles. The first kappa shape index (κ1) is 51.6. The second-order valence-electron chi connectivity index (χ2n) is 18.6. The van der Waals surface area contributed by atoms with Gasteiger partial charge in [0.15, 0.2) is 11.4 Å². The summed E-state index contributed by atoms with van der Waals surface area (Å²) >= 11 is 0. The van der Waals surface area contributed by atoms with Crippen LogP contribution >= 0.6 is 0 Å². The first-order chi connectivity index (χ1) is 34.3. The van der Waals surface area contributed by atoms with Crippen molar-refractivity contribution < 1.29 is 38.2 Å². The van der Waals surface area contributed by atoms with Crippen molar-refractivity contribution in [3.8, 4) is 0 Å². The minimum absolute atomic E-state index is 0.103. The van der Waals surface area contributed by atoms with Crippen molar-refractivity contribution in [1.82, 2.24) is 30.8 Å². The maximum atomic E-state index is 13.3. The molecule has 372 valence electrons. The van der Waals surface area contributed by atoms with Gasteiger partial charge in [-0.3, -0.25) is 19.2 Å². The molecule has 0 saturated carbocycles. The molecule has 0 bridgehead atoms. The lowest BCUT2D eigenvalue weighted by molar-refractivity contribution is 0.00982. The molecule has 2 aliphatic heterocycles. The molecule has 2 aromatic heterocycles. The van der Waals surface area contributed by atoms with Gasteiger partial charge in [0.25, 0.3) is 23.6 Å². The molecular weight excluding hydrogens is 901 g/mol. The fraction of sp³-hybridized carbons (Fsp3) is 0.364. The molecule has 16 nitrogen and oxygen atoms in total. The summed E-state index contributed by atoms with van der Waals surface area (Å²) in [6.45, 7) is 8.74. The molecule has 8 rings (SSSR count). The lowest BCUT2D eigenvalue weighted by Gasteiger charge is -2.36. The Morgan fingerprint density at radius 1 is 0.606 bits per heavy atom. The number of aromatic nitrogens is 2. The summed E-state index contributed by atoms with van der Waals surface area (Å²) in [5.41, 5.74) is 3.40. The summed E-state index contributed by atoms with van der Waals surface area (Å²) < 4.78 is 16.1. The van der Waals surface area contributed by atoms with Gasteiger partial charge in [0.1, 0.15) is 5.60 Å². The number of rotatable bonds is 14. The number of anilines is 2. The van der Waals surface area contributed by atoms with Crippen LogP contribution in [0.15, 0.2) is 109 Å². The summed E-state index contributed by atoms with van der Waals surface area (Å²) in [5, 5.41) is 18.5. The molecule has 2 saturated heterocycles. The second kappa shape index (κ2) is 24.5. The first-order valence-corrected chi connectivity index (χ1v) is 24.2. The molecule has 0 radical (unpaired) electrons. The van der Waals surface area contributed by atoms with Crippen molar-refractivity contribution >= 4 is 62.6 Å². The minimum atomic E-state index is -0.598. The van der Waals surface area contributed by atoms with Gasteiger partial charge in [0.05, 0.1) is 30.6 Å². The highest BCUT2D eigenvalue weighted by molar-refractivity contribution is 6.16. The van der Waals surface area contributed by atoms with Crippen LogP contribution in [0.1, 0.15) is 112 Å². The standard InChI is InChI=1S/C30H36N4O5.C25H28N4O3/c1-30(2,3)39-29(37)34-17-8-7-10-21(34)18-32-28(36)26-25(13-9-16-31-26)33-27(35)24-15-14-20(19-38-4)22-11-5-6-12-23(22)24;1-32-16-17-11-12-21(20-9-3-2-8-19(17)20)24(30)29-22-10-6-14-27-23(22)25(31)28-15-18-7-4-5-13-26-18/h5-6,9,11-16,21H,7-8,10,17-19H2,1-4H3,(H,32,36)(H,33,35);2-3,6,8-12,14,18,26H,4-5,7,13,15-16H2,1H3,(H,28,31)(H,29,30). The number of likely N-dealkylation sites (tertiary alicyclic amines) is 1. The summed E-state index contributed by atoms with van der Waals surface area (Å²) in [5.74, 6) is -1.36. The molecule has 2 fully saturated rings. The molecule has 6 aromatic rings. The van der Waals surface area contributed by atoms with Crippen molar-refractivity contribution in [2.24, 2.45) is 0 Å². The summed E-state index contributed by atoms with van der Waals surface area (Å²) in [7, 11) is 3.28. The smallest absolute Gasteiger partial charge is 0.410 e. The summed E-state index contributed by atoms with van der Waals surface area (Å²) in [6, 6.07) is 29.5. The molecule has 5 N–H and O–H groups in total. The molecule has 2 aliphatic rings. The van der Waals surface area contributed by atoms with Crippen molar-refractivity contribution in [3.63, 3.8) is 0 Å². The molecule has 2 atom stereocenters. The zero-order valence-electron chi connectivity index (χ0n) is 41.1. The minimum Gasteiger partial charge on any atom is -0.444 e. The Bertz CT molecular complexity index is 2840. The molecule has 5 amide bonds. The van der Waals surface area contributed by atoms with E-state index in [0.717, 1.165) is 71.3 Å². The second-order valence-corrected chi connectivity index (χ2v) is 18.6. The Hall–Kier alpha value is -7.27. The van der Waals surface area contributed by atoms with Gasteiger partial charge < -0.3 is 45.7 Å². The van der Waals surface area contributed by atoms with Gasteiger partial charge in [-0.1, -0.05) is 67.1 Å². The summed E-state index contributed by atoms with van der Waals surface area (Å²) in [4.78, 5) is 75.4. The van der Waals surface area contributed by atoms with Crippen LogP contribution in [0, 0.1) is 0 Å². The van der Waals surface area contributed by atoms with E-state index < -0.39 is 11.5 Å². The fourth-order valence-corrected chi connectivity index (χ4v) is 8.90. The number of pyridine rings is 2. The average molecular weight is 965 g/mol. The van der Waals surface area contributed by atoms with E-state index in [1.165, 1.54) is 12.6 Å². The number of hydrogen-bond donors (Lipinski definition) is 5. The van der Waals surface area contributed by atoms with Gasteiger partial charge in [-0.2, -0.15) is 0 Å². The number of fused-ring (bicyclic) bond motifs is 2. The third-order valence-electron chi connectivity index (χ3n) is 12.3. The molecule has 0 aliphatic carbocycles. The van der Waals surface area contributed by atoms with E-state index >= 15 is 0 Å². The number of carbonyl (C=O) groups is 5. The number of nitrogens with zero attached hydrogens (tertiary/aromatic N) is 3. The zero-order valence-corrected chi connectivity index (χ0v) is 41.1. The molecule has 4 aromatic carbocycles. The highest BCUT2D eigenvalue weighted by Gasteiger charge is 2.31. The van der Waals surface area contributed by atoms with Gasteiger partial charge in [0.2, 0.25) is 0 Å². The number of benzene rings is 4. The van der Waals surface area contributed by atoms with Gasteiger partial charge >= 0.3 is 6.09 Å². The van der Waals surface area contributed by atoms with Crippen LogP contribution in [0.25, 0.3) is 21.5 Å². The van der Waals surface area contributed by atoms with Gasteiger partial charge in [-0.05, 0) is 128 Å². The average Bonchev–Trinajstić information content (AvgIpc) is 3.38. The lowest BCUT2D eigenvalue weighted by atomic mass is 9.99. The number of amides is 5. The van der Waals surface area contributed by atoms with Crippen LogP contribution in [0.3, 0.4) is 0 Å². The maximum Gasteiger partial charge on any atom is 0.410 e. The van der Waals surface area contributed by atoms with E-state index in [2.05, 4.69) is 36.6 Å². The maximum absolute atomic E-state index is 13.3. The summed E-state index contributed by atoms with van der Waals surface area (Å²) in [6.07, 6.45) is 8.66. The van der Waals surface area contributed by atoms with Crippen LogP contribution in [-0.4, -0.2) is 103 Å². The van der Waals surface area contributed by atoms with Crippen LogP contribution in [0.2, 0.25) is 0 Å².